The normalized spacial score (nSPS) is 10.9. The molecule has 2 aromatic heterocycles. The van der Waals surface area contributed by atoms with E-state index < -0.39 is 0 Å². The summed E-state index contributed by atoms with van der Waals surface area (Å²) >= 11 is 6.15. The number of nitrogens with zero attached hydrogens (tertiary/aromatic N) is 4. The molecule has 0 radical (unpaired) electrons. The Bertz CT molecular complexity index is 1210. The van der Waals surface area contributed by atoms with Gasteiger partial charge in [-0.05, 0) is 44.2 Å². The zero-order chi connectivity index (χ0) is 21.1. The van der Waals surface area contributed by atoms with Crippen molar-refractivity contribution in [3.05, 3.63) is 76.7 Å². The molecule has 0 bridgehead atoms. The van der Waals surface area contributed by atoms with Crippen molar-refractivity contribution in [2.75, 3.05) is 18.4 Å². The Balaban J connectivity index is 1.54. The van der Waals surface area contributed by atoms with Crippen molar-refractivity contribution >= 4 is 34.4 Å². The highest BCUT2D eigenvalue weighted by molar-refractivity contribution is 6.30. The van der Waals surface area contributed by atoms with Gasteiger partial charge < -0.3 is 10.6 Å². The van der Waals surface area contributed by atoms with Crippen molar-refractivity contribution in [3.63, 3.8) is 0 Å². The highest BCUT2D eigenvalue weighted by Gasteiger charge is 2.16. The molecule has 8 heteroatoms. The van der Waals surface area contributed by atoms with Crippen LogP contribution in [0.2, 0.25) is 5.02 Å². The van der Waals surface area contributed by atoms with Crippen LogP contribution in [0, 0.1) is 13.8 Å². The van der Waals surface area contributed by atoms with Gasteiger partial charge in [0.15, 0.2) is 5.65 Å². The lowest BCUT2D eigenvalue weighted by Gasteiger charge is -2.10. The van der Waals surface area contributed by atoms with E-state index in [9.17, 15) is 4.79 Å². The lowest BCUT2D eigenvalue weighted by Crippen LogP contribution is -2.28. The van der Waals surface area contributed by atoms with Gasteiger partial charge >= 0.3 is 0 Å². The SMILES string of the molecule is Cc1nc(NCCNC(=O)c2ccccc2)c2c(C)nn(-c3cccc(Cl)c3)c2n1. The number of aromatic nitrogens is 4. The summed E-state index contributed by atoms with van der Waals surface area (Å²) in [5.41, 5.74) is 2.98. The molecular weight excluding hydrogens is 400 g/mol. The van der Waals surface area contributed by atoms with Gasteiger partial charge in [-0.25, -0.2) is 14.6 Å². The molecule has 2 N–H and O–H groups in total. The average molecular weight is 421 g/mol. The Hall–Kier alpha value is -3.45. The maximum Gasteiger partial charge on any atom is 0.251 e. The molecule has 0 aliphatic carbocycles. The Morgan fingerprint density at radius 1 is 1.03 bits per heavy atom. The summed E-state index contributed by atoms with van der Waals surface area (Å²) < 4.78 is 1.77. The summed E-state index contributed by atoms with van der Waals surface area (Å²) in [6.07, 6.45) is 0. The van der Waals surface area contributed by atoms with Crippen LogP contribution in [0.4, 0.5) is 5.82 Å². The molecule has 0 saturated heterocycles. The molecule has 1 amide bonds. The number of rotatable bonds is 6. The number of carbonyl (C=O) groups is 1. The van der Waals surface area contributed by atoms with Gasteiger partial charge in [-0.15, -0.1) is 0 Å². The fraction of sp³-hybridized carbons (Fsp3) is 0.182. The van der Waals surface area contributed by atoms with Gasteiger partial charge in [0.1, 0.15) is 11.6 Å². The third kappa shape index (κ3) is 4.11. The number of nitrogens with one attached hydrogen (secondary N) is 2. The molecule has 0 aliphatic rings. The molecule has 4 aromatic rings. The van der Waals surface area contributed by atoms with E-state index in [0.29, 0.717) is 41.0 Å². The van der Waals surface area contributed by atoms with E-state index in [2.05, 4.69) is 25.7 Å². The molecule has 152 valence electrons. The Morgan fingerprint density at radius 2 is 1.83 bits per heavy atom. The summed E-state index contributed by atoms with van der Waals surface area (Å²) in [6, 6.07) is 16.6. The molecular formula is C22H21ClN6O. The lowest BCUT2D eigenvalue weighted by atomic mass is 10.2. The molecule has 2 aromatic carbocycles. The predicted molar refractivity (Wildman–Crippen MR) is 118 cm³/mol. The van der Waals surface area contributed by atoms with Crippen LogP contribution in [0.3, 0.4) is 0 Å². The number of fused-ring (bicyclic) bond motifs is 1. The monoisotopic (exact) mass is 420 g/mol. The first kappa shape index (κ1) is 19.8. The van der Waals surface area contributed by atoms with Crippen LogP contribution >= 0.6 is 11.6 Å². The highest BCUT2D eigenvalue weighted by Crippen LogP contribution is 2.27. The molecule has 0 saturated carbocycles. The van der Waals surface area contributed by atoms with Crippen LogP contribution in [-0.4, -0.2) is 38.7 Å². The van der Waals surface area contributed by atoms with Gasteiger partial charge in [-0.1, -0.05) is 35.9 Å². The minimum atomic E-state index is -0.105. The zero-order valence-corrected chi connectivity index (χ0v) is 17.4. The summed E-state index contributed by atoms with van der Waals surface area (Å²) in [7, 11) is 0. The van der Waals surface area contributed by atoms with Crippen LogP contribution < -0.4 is 10.6 Å². The van der Waals surface area contributed by atoms with Gasteiger partial charge in [0, 0.05) is 23.7 Å². The highest BCUT2D eigenvalue weighted by atomic mass is 35.5. The second-order valence-electron chi connectivity index (χ2n) is 6.84. The van der Waals surface area contributed by atoms with Gasteiger partial charge in [0.05, 0.1) is 16.8 Å². The first-order chi connectivity index (χ1) is 14.5. The topological polar surface area (TPSA) is 84.7 Å². The van der Waals surface area contributed by atoms with E-state index in [1.165, 1.54) is 0 Å². The lowest BCUT2D eigenvalue weighted by molar-refractivity contribution is 0.0955. The Labute approximate surface area is 179 Å². The van der Waals surface area contributed by atoms with Crippen molar-refractivity contribution in [3.8, 4) is 5.69 Å². The van der Waals surface area contributed by atoms with Crippen LogP contribution in [0.15, 0.2) is 54.6 Å². The molecule has 4 rings (SSSR count). The van der Waals surface area contributed by atoms with E-state index in [-0.39, 0.29) is 5.91 Å². The smallest absolute Gasteiger partial charge is 0.251 e. The summed E-state index contributed by atoms with van der Waals surface area (Å²) in [6.45, 7) is 4.74. The number of carbonyl (C=O) groups excluding carboxylic acids is 1. The van der Waals surface area contributed by atoms with Crippen LogP contribution in [-0.2, 0) is 0 Å². The predicted octanol–water partition coefficient (Wildman–Crippen LogP) is 3.93. The number of anilines is 1. The standard InChI is InChI=1S/C22H21ClN6O/c1-14-19-20(24-11-12-25-22(30)16-7-4-3-5-8-16)26-15(2)27-21(19)29(28-14)18-10-6-9-17(23)13-18/h3-10,13H,11-12H2,1-2H3,(H,25,30)(H,24,26,27). The van der Waals surface area contributed by atoms with Crippen molar-refractivity contribution in [2.45, 2.75) is 13.8 Å². The first-order valence-corrected chi connectivity index (χ1v) is 9.98. The minimum absolute atomic E-state index is 0.105. The second-order valence-corrected chi connectivity index (χ2v) is 7.28. The number of benzene rings is 2. The van der Waals surface area contributed by atoms with E-state index in [4.69, 9.17) is 11.6 Å². The molecule has 0 fully saturated rings. The quantitative estimate of drug-likeness (QED) is 0.462. The summed E-state index contributed by atoms with van der Waals surface area (Å²) in [5.74, 6) is 1.21. The van der Waals surface area contributed by atoms with Gasteiger partial charge in [-0.2, -0.15) is 5.10 Å². The number of hydrogen-bond donors (Lipinski definition) is 2. The Morgan fingerprint density at radius 3 is 2.60 bits per heavy atom. The second kappa shape index (κ2) is 8.51. The molecule has 0 spiro atoms. The molecule has 0 atom stereocenters. The molecule has 2 heterocycles. The third-order valence-electron chi connectivity index (χ3n) is 4.61. The maximum absolute atomic E-state index is 12.2. The van der Waals surface area contributed by atoms with Gasteiger partial charge in [0.25, 0.3) is 5.91 Å². The third-order valence-corrected chi connectivity index (χ3v) is 4.84. The van der Waals surface area contributed by atoms with Crippen molar-refractivity contribution in [2.24, 2.45) is 0 Å². The van der Waals surface area contributed by atoms with E-state index >= 15 is 0 Å². The Kier molecular flexibility index (Phi) is 5.63. The van der Waals surface area contributed by atoms with Crippen LogP contribution in [0.25, 0.3) is 16.7 Å². The largest absolute Gasteiger partial charge is 0.368 e. The minimum Gasteiger partial charge on any atom is -0.368 e. The molecule has 30 heavy (non-hydrogen) atoms. The fourth-order valence-corrected chi connectivity index (χ4v) is 3.44. The molecule has 0 unspecified atom stereocenters. The van der Waals surface area contributed by atoms with Crippen molar-refractivity contribution in [1.29, 1.82) is 0 Å². The van der Waals surface area contributed by atoms with Gasteiger partial charge in [0.2, 0.25) is 0 Å². The summed E-state index contributed by atoms with van der Waals surface area (Å²) in [5, 5.41) is 12.3. The van der Waals surface area contributed by atoms with E-state index in [1.807, 2.05) is 56.3 Å². The molecule has 0 aliphatic heterocycles. The maximum atomic E-state index is 12.2. The van der Waals surface area contributed by atoms with Crippen molar-refractivity contribution in [1.82, 2.24) is 25.1 Å². The van der Waals surface area contributed by atoms with E-state index in [0.717, 1.165) is 16.8 Å². The number of halogens is 1. The fourth-order valence-electron chi connectivity index (χ4n) is 3.26. The van der Waals surface area contributed by atoms with Gasteiger partial charge in [-0.3, -0.25) is 4.79 Å². The zero-order valence-electron chi connectivity index (χ0n) is 16.7. The first-order valence-electron chi connectivity index (χ1n) is 9.60. The van der Waals surface area contributed by atoms with Crippen LogP contribution in [0.1, 0.15) is 21.9 Å². The van der Waals surface area contributed by atoms with E-state index in [1.54, 1.807) is 16.8 Å². The average Bonchev–Trinajstić information content (AvgIpc) is 3.08. The number of aryl methyl sites for hydroxylation is 2. The number of amides is 1. The summed E-state index contributed by atoms with van der Waals surface area (Å²) in [4.78, 5) is 21.3. The number of hydrogen-bond acceptors (Lipinski definition) is 5. The molecule has 7 nitrogen and oxygen atoms in total. The van der Waals surface area contributed by atoms with Crippen LogP contribution in [0.5, 0.6) is 0 Å². The van der Waals surface area contributed by atoms with Crippen molar-refractivity contribution < 1.29 is 4.79 Å².